The van der Waals surface area contributed by atoms with Crippen LogP contribution >= 0.6 is 0 Å². The number of carbonyl (C=O) groups is 2. The van der Waals surface area contributed by atoms with E-state index >= 15 is 0 Å². The molecule has 1 atom stereocenters. The number of amides is 1. The molecule has 7 nitrogen and oxygen atoms in total. The first-order valence-corrected chi connectivity index (χ1v) is 7.21. The largest absolute Gasteiger partial charge is 0.490 e. The number of nitriles is 1. The van der Waals surface area contributed by atoms with Gasteiger partial charge in [0.2, 0.25) is 0 Å². The quantitative estimate of drug-likeness (QED) is 0.752. The van der Waals surface area contributed by atoms with Crippen molar-refractivity contribution < 1.29 is 24.2 Å². The Morgan fingerprint density at radius 3 is 2.52 bits per heavy atom. The minimum Gasteiger partial charge on any atom is -0.490 e. The molecule has 0 radical (unpaired) electrons. The molecule has 23 heavy (non-hydrogen) atoms. The van der Waals surface area contributed by atoms with Crippen molar-refractivity contribution in [3.05, 3.63) is 23.8 Å². The van der Waals surface area contributed by atoms with E-state index in [0.29, 0.717) is 23.7 Å². The first kappa shape index (κ1) is 18.3. The highest BCUT2D eigenvalue weighted by Crippen LogP contribution is 2.28. The van der Waals surface area contributed by atoms with E-state index in [9.17, 15) is 9.59 Å². The van der Waals surface area contributed by atoms with Gasteiger partial charge in [-0.2, -0.15) is 5.26 Å². The molecule has 0 fully saturated rings. The average Bonchev–Trinajstić information content (AvgIpc) is 2.50. The van der Waals surface area contributed by atoms with Gasteiger partial charge in [0.25, 0.3) is 5.91 Å². The molecule has 0 unspecified atom stereocenters. The van der Waals surface area contributed by atoms with Gasteiger partial charge in [-0.15, -0.1) is 0 Å². The molecule has 0 aliphatic rings. The molecule has 0 saturated carbocycles. The van der Waals surface area contributed by atoms with Gasteiger partial charge in [-0.25, -0.2) is 4.79 Å². The lowest BCUT2D eigenvalue weighted by molar-refractivity contribution is -0.143. The zero-order valence-corrected chi connectivity index (χ0v) is 13.3. The van der Waals surface area contributed by atoms with Gasteiger partial charge in [0.05, 0.1) is 18.2 Å². The van der Waals surface area contributed by atoms with Crippen molar-refractivity contribution in [1.82, 2.24) is 5.32 Å². The summed E-state index contributed by atoms with van der Waals surface area (Å²) in [7, 11) is 0. The predicted octanol–water partition coefficient (Wildman–Crippen LogP) is 1.56. The topological polar surface area (TPSA) is 109 Å². The summed E-state index contributed by atoms with van der Waals surface area (Å²) in [5.41, 5.74) is 0.413. The van der Waals surface area contributed by atoms with E-state index in [1.165, 1.54) is 12.1 Å². The summed E-state index contributed by atoms with van der Waals surface area (Å²) in [6, 6.07) is 5.62. The maximum Gasteiger partial charge on any atom is 0.326 e. The van der Waals surface area contributed by atoms with Crippen LogP contribution in [0.3, 0.4) is 0 Å². The Bertz CT molecular complexity index is 607. The summed E-state index contributed by atoms with van der Waals surface area (Å²) >= 11 is 0. The zero-order chi connectivity index (χ0) is 17.4. The maximum atomic E-state index is 11.8. The number of rotatable bonds is 8. The van der Waals surface area contributed by atoms with Gasteiger partial charge in [-0.1, -0.05) is 13.8 Å². The Labute approximate surface area is 134 Å². The number of benzene rings is 1. The lowest BCUT2D eigenvalue weighted by Crippen LogP contribution is -2.46. The van der Waals surface area contributed by atoms with Crippen LogP contribution < -0.4 is 14.8 Å². The van der Waals surface area contributed by atoms with Crippen LogP contribution in [-0.2, 0) is 9.59 Å². The SMILES string of the molecule is CCOc1cc(C#N)ccc1OCC(=O)N[C@@H](C(=O)O)C(C)C. The fourth-order valence-electron chi connectivity index (χ4n) is 1.84. The molecule has 2 N–H and O–H groups in total. The number of nitrogens with zero attached hydrogens (tertiary/aromatic N) is 1. The number of carboxylic acid groups (broad SMARTS) is 1. The minimum absolute atomic E-state index is 0.245. The number of nitrogens with one attached hydrogen (secondary N) is 1. The molecule has 0 aliphatic carbocycles. The third-order valence-electron chi connectivity index (χ3n) is 2.98. The third kappa shape index (κ3) is 5.51. The van der Waals surface area contributed by atoms with Crippen molar-refractivity contribution in [2.24, 2.45) is 5.92 Å². The second-order valence-electron chi connectivity index (χ2n) is 5.12. The van der Waals surface area contributed by atoms with Gasteiger partial charge in [-0.05, 0) is 25.0 Å². The number of carboxylic acids is 1. The molecule has 7 heteroatoms. The smallest absolute Gasteiger partial charge is 0.326 e. The van der Waals surface area contributed by atoms with Crippen LogP contribution in [0.4, 0.5) is 0 Å². The van der Waals surface area contributed by atoms with Gasteiger partial charge < -0.3 is 19.9 Å². The second-order valence-corrected chi connectivity index (χ2v) is 5.12. The van der Waals surface area contributed by atoms with Gasteiger partial charge in [0, 0.05) is 6.07 Å². The van der Waals surface area contributed by atoms with E-state index in [2.05, 4.69) is 5.32 Å². The third-order valence-corrected chi connectivity index (χ3v) is 2.98. The van der Waals surface area contributed by atoms with E-state index in [1.807, 2.05) is 6.07 Å². The summed E-state index contributed by atoms with van der Waals surface area (Å²) in [6.45, 7) is 5.23. The molecule has 0 spiro atoms. The van der Waals surface area contributed by atoms with E-state index < -0.39 is 17.9 Å². The first-order valence-electron chi connectivity index (χ1n) is 7.21. The Balaban J connectivity index is 2.72. The molecule has 1 amide bonds. The fourth-order valence-corrected chi connectivity index (χ4v) is 1.84. The fraction of sp³-hybridized carbons (Fsp3) is 0.438. The van der Waals surface area contributed by atoms with Crippen LogP contribution in [-0.4, -0.2) is 36.2 Å². The number of aliphatic carboxylic acids is 1. The molecule has 0 aliphatic heterocycles. The van der Waals surface area contributed by atoms with Crippen molar-refractivity contribution in [2.75, 3.05) is 13.2 Å². The zero-order valence-electron chi connectivity index (χ0n) is 13.3. The molecule has 1 rings (SSSR count). The average molecular weight is 320 g/mol. The van der Waals surface area contributed by atoms with Crippen LogP contribution in [0.1, 0.15) is 26.3 Å². The van der Waals surface area contributed by atoms with Crippen molar-refractivity contribution in [2.45, 2.75) is 26.8 Å². The Hall–Kier alpha value is -2.75. The number of ether oxygens (including phenoxy) is 2. The molecule has 0 saturated heterocycles. The molecule has 0 bridgehead atoms. The molecule has 0 aromatic heterocycles. The monoisotopic (exact) mass is 320 g/mol. The van der Waals surface area contributed by atoms with E-state index in [4.69, 9.17) is 19.8 Å². The number of hydrogen-bond acceptors (Lipinski definition) is 5. The van der Waals surface area contributed by atoms with Crippen molar-refractivity contribution >= 4 is 11.9 Å². The molecular formula is C16H20N2O5. The van der Waals surface area contributed by atoms with Crippen LogP contribution in [0.15, 0.2) is 18.2 Å². The van der Waals surface area contributed by atoms with Gasteiger partial charge in [0.1, 0.15) is 6.04 Å². The number of carbonyl (C=O) groups excluding carboxylic acids is 1. The molecule has 0 heterocycles. The van der Waals surface area contributed by atoms with Crippen LogP contribution in [0.5, 0.6) is 11.5 Å². The summed E-state index contributed by atoms with van der Waals surface area (Å²) in [6.07, 6.45) is 0. The molecule has 1 aromatic rings. The summed E-state index contributed by atoms with van der Waals surface area (Å²) in [4.78, 5) is 22.9. The molecular weight excluding hydrogens is 300 g/mol. The van der Waals surface area contributed by atoms with Crippen LogP contribution in [0.2, 0.25) is 0 Å². The van der Waals surface area contributed by atoms with Gasteiger partial charge in [0.15, 0.2) is 18.1 Å². The van der Waals surface area contributed by atoms with Crippen molar-refractivity contribution in [1.29, 1.82) is 5.26 Å². The van der Waals surface area contributed by atoms with Gasteiger partial charge >= 0.3 is 5.97 Å². The second kappa shape index (κ2) is 8.63. The van der Waals surface area contributed by atoms with E-state index in [1.54, 1.807) is 26.8 Å². The minimum atomic E-state index is -1.10. The highest BCUT2D eigenvalue weighted by molar-refractivity contribution is 5.84. The summed E-state index contributed by atoms with van der Waals surface area (Å²) in [5.74, 6) is -1.21. The lowest BCUT2D eigenvalue weighted by Gasteiger charge is -2.18. The normalized spacial score (nSPS) is 11.4. The predicted molar refractivity (Wildman–Crippen MR) is 82.2 cm³/mol. The van der Waals surface area contributed by atoms with E-state index in [-0.39, 0.29) is 12.5 Å². The highest BCUT2D eigenvalue weighted by Gasteiger charge is 2.23. The summed E-state index contributed by atoms with van der Waals surface area (Å²) in [5, 5.41) is 20.3. The highest BCUT2D eigenvalue weighted by atomic mass is 16.5. The van der Waals surface area contributed by atoms with Crippen LogP contribution in [0, 0.1) is 17.2 Å². The maximum absolute atomic E-state index is 11.8. The lowest BCUT2D eigenvalue weighted by atomic mass is 10.1. The Morgan fingerprint density at radius 2 is 2.00 bits per heavy atom. The van der Waals surface area contributed by atoms with Crippen molar-refractivity contribution in [3.63, 3.8) is 0 Å². The first-order chi connectivity index (χ1) is 10.9. The van der Waals surface area contributed by atoms with E-state index in [0.717, 1.165) is 0 Å². The Morgan fingerprint density at radius 1 is 1.30 bits per heavy atom. The molecule has 124 valence electrons. The Kier molecular flexibility index (Phi) is 6.87. The number of hydrogen-bond donors (Lipinski definition) is 2. The van der Waals surface area contributed by atoms with Gasteiger partial charge in [-0.3, -0.25) is 4.79 Å². The van der Waals surface area contributed by atoms with Crippen molar-refractivity contribution in [3.8, 4) is 17.6 Å². The molecule has 1 aromatic carbocycles. The van der Waals surface area contributed by atoms with Crippen LogP contribution in [0.25, 0.3) is 0 Å². The standard InChI is InChI=1S/C16H20N2O5/c1-4-22-13-7-11(8-17)5-6-12(13)23-9-14(19)18-15(10(2)3)16(20)21/h5-7,10,15H,4,9H2,1-3H3,(H,18,19)(H,20,21)/t15-/m1/s1. The summed E-state index contributed by atoms with van der Waals surface area (Å²) < 4.78 is 10.7.